The molecule has 0 radical (unpaired) electrons. The lowest BCUT2D eigenvalue weighted by Gasteiger charge is -2.13. The van der Waals surface area contributed by atoms with Crippen LogP contribution in [0.5, 0.6) is 5.75 Å². The van der Waals surface area contributed by atoms with Crippen LogP contribution in [-0.4, -0.2) is 6.54 Å². The van der Waals surface area contributed by atoms with Crippen molar-refractivity contribution in [3.05, 3.63) is 64.7 Å². The van der Waals surface area contributed by atoms with Gasteiger partial charge in [-0.05, 0) is 49.6 Å². The number of rotatable bonds is 7. The van der Waals surface area contributed by atoms with E-state index in [4.69, 9.17) is 4.74 Å². The van der Waals surface area contributed by atoms with Crippen molar-refractivity contribution >= 4 is 0 Å². The lowest BCUT2D eigenvalue weighted by molar-refractivity contribution is 0.302. The molecule has 0 aliphatic rings. The minimum Gasteiger partial charge on any atom is -0.489 e. The summed E-state index contributed by atoms with van der Waals surface area (Å²) in [6.45, 7) is 8.95. The quantitative estimate of drug-likeness (QED) is 0.761. The van der Waals surface area contributed by atoms with E-state index in [0.29, 0.717) is 6.61 Å². The van der Waals surface area contributed by atoms with E-state index in [0.717, 1.165) is 25.3 Å². The van der Waals surface area contributed by atoms with Crippen molar-refractivity contribution < 1.29 is 4.74 Å². The zero-order valence-electron chi connectivity index (χ0n) is 13.3. The first kappa shape index (κ1) is 15.6. The maximum atomic E-state index is 6.00. The molecule has 2 nitrogen and oxygen atoms in total. The van der Waals surface area contributed by atoms with Gasteiger partial charge in [0.2, 0.25) is 0 Å². The molecule has 0 saturated heterocycles. The molecule has 0 unspecified atom stereocenters. The first-order valence-electron chi connectivity index (χ1n) is 7.68. The van der Waals surface area contributed by atoms with Gasteiger partial charge in [0.1, 0.15) is 12.4 Å². The fourth-order valence-corrected chi connectivity index (χ4v) is 2.39. The molecular formula is C19H25NO. The molecule has 0 spiro atoms. The summed E-state index contributed by atoms with van der Waals surface area (Å²) in [4.78, 5) is 0. The molecule has 0 saturated carbocycles. The van der Waals surface area contributed by atoms with Gasteiger partial charge in [0.15, 0.2) is 0 Å². The van der Waals surface area contributed by atoms with E-state index in [1.54, 1.807) is 0 Å². The van der Waals surface area contributed by atoms with E-state index in [1.807, 2.05) is 0 Å². The van der Waals surface area contributed by atoms with Crippen LogP contribution in [0.1, 0.15) is 35.6 Å². The maximum absolute atomic E-state index is 6.00. The van der Waals surface area contributed by atoms with Gasteiger partial charge in [-0.2, -0.15) is 0 Å². The van der Waals surface area contributed by atoms with Crippen molar-refractivity contribution in [1.82, 2.24) is 5.32 Å². The van der Waals surface area contributed by atoms with Crippen molar-refractivity contribution in [1.29, 1.82) is 0 Å². The summed E-state index contributed by atoms with van der Waals surface area (Å²) < 4.78 is 6.00. The van der Waals surface area contributed by atoms with Crippen LogP contribution >= 0.6 is 0 Å². The molecule has 0 atom stereocenters. The van der Waals surface area contributed by atoms with E-state index in [1.165, 1.54) is 22.3 Å². The first-order chi connectivity index (χ1) is 10.2. The predicted octanol–water partition coefficient (Wildman–Crippen LogP) is 4.38. The zero-order chi connectivity index (χ0) is 15.1. The van der Waals surface area contributed by atoms with Crippen molar-refractivity contribution in [2.24, 2.45) is 0 Å². The fraction of sp³-hybridized carbons (Fsp3) is 0.368. The molecule has 0 aromatic heterocycles. The lowest BCUT2D eigenvalue weighted by atomic mass is 10.1. The molecule has 0 heterocycles. The smallest absolute Gasteiger partial charge is 0.122 e. The van der Waals surface area contributed by atoms with Gasteiger partial charge in [-0.25, -0.2) is 0 Å². The second kappa shape index (κ2) is 7.84. The normalized spacial score (nSPS) is 10.6. The highest BCUT2D eigenvalue weighted by atomic mass is 16.5. The van der Waals surface area contributed by atoms with Crippen LogP contribution < -0.4 is 10.1 Å². The van der Waals surface area contributed by atoms with Crippen LogP contribution in [0.4, 0.5) is 0 Å². The van der Waals surface area contributed by atoms with Crippen LogP contribution in [0.15, 0.2) is 42.5 Å². The molecule has 2 heteroatoms. The number of nitrogens with one attached hydrogen (secondary N) is 1. The van der Waals surface area contributed by atoms with Crippen LogP contribution in [-0.2, 0) is 13.2 Å². The topological polar surface area (TPSA) is 21.3 Å². The number of ether oxygens (including phenoxy) is 1. The van der Waals surface area contributed by atoms with Crippen LogP contribution in [0.25, 0.3) is 0 Å². The summed E-state index contributed by atoms with van der Waals surface area (Å²) in [7, 11) is 0. The van der Waals surface area contributed by atoms with E-state index in [2.05, 4.69) is 68.6 Å². The summed E-state index contributed by atoms with van der Waals surface area (Å²) in [5, 5.41) is 3.45. The highest BCUT2D eigenvalue weighted by molar-refractivity contribution is 5.36. The highest BCUT2D eigenvalue weighted by Crippen LogP contribution is 2.21. The Labute approximate surface area is 128 Å². The third-order valence-corrected chi connectivity index (χ3v) is 3.57. The molecule has 0 fully saturated rings. The van der Waals surface area contributed by atoms with E-state index >= 15 is 0 Å². The maximum Gasteiger partial charge on any atom is 0.122 e. The van der Waals surface area contributed by atoms with Crippen molar-refractivity contribution in [3.8, 4) is 5.75 Å². The Hall–Kier alpha value is -1.80. The van der Waals surface area contributed by atoms with Gasteiger partial charge in [0.05, 0.1) is 0 Å². The minimum atomic E-state index is 0.619. The average Bonchev–Trinajstić information content (AvgIpc) is 2.48. The summed E-state index contributed by atoms with van der Waals surface area (Å²) >= 11 is 0. The van der Waals surface area contributed by atoms with Gasteiger partial charge in [0, 0.05) is 6.54 Å². The Morgan fingerprint density at radius 2 is 1.76 bits per heavy atom. The molecule has 2 rings (SSSR count). The Morgan fingerprint density at radius 1 is 1.00 bits per heavy atom. The lowest BCUT2D eigenvalue weighted by Crippen LogP contribution is -2.15. The Kier molecular flexibility index (Phi) is 5.82. The third-order valence-electron chi connectivity index (χ3n) is 3.57. The standard InChI is InChI=1S/C19H25NO/c1-4-11-20-13-17-7-5-6-8-18(17)14-21-19-10-9-15(2)12-16(19)3/h5-10,12,20H,4,11,13-14H2,1-3H3. The molecular weight excluding hydrogens is 258 g/mol. The average molecular weight is 283 g/mol. The van der Waals surface area contributed by atoms with E-state index in [9.17, 15) is 0 Å². The number of aryl methyl sites for hydroxylation is 2. The van der Waals surface area contributed by atoms with Crippen LogP contribution in [0, 0.1) is 13.8 Å². The zero-order valence-corrected chi connectivity index (χ0v) is 13.3. The molecule has 0 amide bonds. The second-order valence-corrected chi connectivity index (χ2v) is 5.50. The molecule has 0 aliphatic carbocycles. The largest absolute Gasteiger partial charge is 0.489 e. The summed E-state index contributed by atoms with van der Waals surface area (Å²) in [5.41, 5.74) is 5.03. The van der Waals surface area contributed by atoms with Crippen molar-refractivity contribution in [2.75, 3.05) is 6.54 Å². The number of hydrogen-bond acceptors (Lipinski definition) is 2. The van der Waals surface area contributed by atoms with Gasteiger partial charge in [-0.15, -0.1) is 0 Å². The van der Waals surface area contributed by atoms with Gasteiger partial charge >= 0.3 is 0 Å². The van der Waals surface area contributed by atoms with E-state index in [-0.39, 0.29) is 0 Å². The monoisotopic (exact) mass is 283 g/mol. The molecule has 1 N–H and O–H groups in total. The Bertz CT molecular complexity index is 578. The third kappa shape index (κ3) is 4.61. The first-order valence-corrected chi connectivity index (χ1v) is 7.68. The molecule has 2 aromatic rings. The molecule has 21 heavy (non-hydrogen) atoms. The molecule has 112 valence electrons. The molecule has 0 aliphatic heterocycles. The summed E-state index contributed by atoms with van der Waals surface area (Å²) in [6, 6.07) is 14.8. The number of benzene rings is 2. The fourth-order valence-electron chi connectivity index (χ4n) is 2.39. The van der Waals surface area contributed by atoms with Gasteiger partial charge in [0.25, 0.3) is 0 Å². The highest BCUT2D eigenvalue weighted by Gasteiger charge is 2.04. The number of hydrogen-bond donors (Lipinski definition) is 1. The molecule has 0 bridgehead atoms. The van der Waals surface area contributed by atoms with Gasteiger partial charge in [-0.3, -0.25) is 0 Å². The Morgan fingerprint density at radius 3 is 2.48 bits per heavy atom. The van der Waals surface area contributed by atoms with E-state index < -0.39 is 0 Å². The summed E-state index contributed by atoms with van der Waals surface area (Å²) in [5.74, 6) is 0.969. The van der Waals surface area contributed by atoms with Crippen molar-refractivity contribution in [3.63, 3.8) is 0 Å². The van der Waals surface area contributed by atoms with Crippen LogP contribution in [0.2, 0.25) is 0 Å². The Balaban J connectivity index is 2.02. The predicted molar refractivity (Wildman–Crippen MR) is 88.7 cm³/mol. The van der Waals surface area contributed by atoms with Crippen LogP contribution in [0.3, 0.4) is 0 Å². The molecule has 2 aromatic carbocycles. The summed E-state index contributed by atoms with van der Waals surface area (Å²) in [6.07, 6.45) is 1.15. The minimum absolute atomic E-state index is 0.619. The van der Waals surface area contributed by atoms with Gasteiger partial charge in [-0.1, -0.05) is 48.9 Å². The van der Waals surface area contributed by atoms with Crippen molar-refractivity contribution in [2.45, 2.75) is 40.3 Å². The van der Waals surface area contributed by atoms with Gasteiger partial charge < -0.3 is 10.1 Å². The second-order valence-electron chi connectivity index (χ2n) is 5.50. The SMILES string of the molecule is CCCNCc1ccccc1COc1ccc(C)cc1C.